The van der Waals surface area contributed by atoms with Gasteiger partial charge in [0, 0.05) is 19.1 Å². The summed E-state index contributed by atoms with van der Waals surface area (Å²) in [5, 5.41) is 0. The summed E-state index contributed by atoms with van der Waals surface area (Å²) in [4.78, 5) is 2.56. The Hall–Kier alpha value is -0.570. The van der Waals surface area contributed by atoms with E-state index in [1.807, 2.05) is 0 Å². The first kappa shape index (κ1) is 16.5. The second-order valence-electron chi connectivity index (χ2n) is 5.99. The third-order valence-electron chi connectivity index (χ3n) is 3.97. The van der Waals surface area contributed by atoms with Gasteiger partial charge in [0.1, 0.15) is 0 Å². The van der Waals surface area contributed by atoms with Crippen molar-refractivity contribution in [2.75, 3.05) is 13.1 Å². The average Bonchev–Trinajstić information content (AvgIpc) is 2.27. The van der Waals surface area contributed by atoms with E-state index in [4.69, 9.17) is 5.73 Å². The van der Waals surface area contributed by atoms with Gasteiger partial charge >= 0.3 is 0 Å². The normalized spacial score (nSPS) is 21.8. The molecule has 0 saturated carbocycles. The number of halogens is 1. The zero-order chi connectivity index (χ0) is 13.1. The zero-order valence-corrected chi connectivity index (χ0v) is 13.2. The van der Waals surface area contributed by atoms with Crippen molar-refractivity contribution in [2.45, 2.75) is 46.2 Å². The number of aryl methyl sites for hydroxylation is 2. The second kappa shape index (κ2) is 7.28. The van der Waals surface area contributed by atoms with Crippen LogP contribution in [0.2, 0.25) is 0 Å². The predicted octanol–water partition coefficient (Wildman–Crippen LogP) is 3.28. The molecule has 1 fully saturated rings. The van der Waals surface area contributed by atoms with Crippen LogP contribution in [0, 0.1) is 19.8 Å². The minimum Gasteiger partial charge on any atom is -0.328 e. The van der Waals surface area contributed by atoms with Gasteiger partial charge in [0.15, 0.2) is 0 Å². The topological polar surface area (TPSA) is 29.3 Å². The largest absolute Gasteiger partial charge is 0.328 e. The third kappa shape index (κ3) is 4.79. The molecular formula is C16H27ClN2. The standard InChI is InChI=1S/C16H26N2.ClH/c1-12-7-13(2)9-15(8-12)10-18-6-4-5-16(11-18)14(3)17;/h7-9,14,16H,4-6,10-11,17H2,1-3H3;1H. The summed E-state index contributed by atoms with van der Waals surface area (Å²) in [6, 6.07) is 7.18. The third-order valence-corrected chi connectivity index (χ3v) is 3.97. The molecule has 1 aromatic rings. The molecule has 3 heteroatoms. The van der Waals surface area contributed by atoms with Crippen LogP contribution < -0.4 is 5.73 Å². The molecule has 2 atom stereocenters. The molecule has 0 spiro atoms. The number of benzene rings is 1. The van der Waals surface area contributed by atoms with Crippen molar-refractivity contribution < 1.29 is 0 Å². The first-order valence-electron chi connectivity index (χ1n) is 7.09. The van der Waals surface area contributed by atoms with Gasteiger partial charge in [-0.1, -0.05) is 29.3 Å². The molecule has 0 aromatic heterocycles. The van der Waals surface area contributed by atoms with Crippen LogP contribution in [-0.2, 0) is 6.54 Å². The highest BCUT2D eigenvalue weighted by molar-refractivity contribution is 5.85. The molecule has 2 rings (SSSR count). The number of hydrogen-bond acceptors (Lipinski definition) is 2. The Morgan fingerprint density at radius 2 is 1.89 bits per heavy atom. The van der Waals surface area contributed by atoms with Crippen LogP contribution in [0.4, 0.5) is 0 Å². The SMILES string of the molecule is Cc1cc(C)cc(CN2CCCC(C(C)N)C2)c1.Cl. The Morgan fingerprint density at radius 1 is 1.26 bits per heavy atom. The summed E-state index contributed by atoms with van der Waals surface area (Å²) in [5.41, 5.74) is 10.2. The van der Waals surface area contributed by atoms with E-state index in [2.05, 4.69) is 43.9 Å². The molecule has 1 aliphatic heterocycles. The lowest BCUT2D eigenvalue weighted by Gasteiger charge is -2.34. The highest BCUT2D eigenvalue weighted by Crippen LogP contribution is 2.21. The molecular weight excluding hydrogens is 256 g/mol. The Kier molecular flexibility index (Phi) is 6.31. The number of piperidine rings is 1. The summed E-state index contributed by atoms with van der Waals surface area (Å²) in [6.45, 7) is 9.95. The summed E-state index contributed by atoms with van der Waals surface area (Å²) in [6.07, 6.45) is 2.58. The van der Waals surface area contributed by atoms with Crippen LogP contribution >= 0.6 is 12.4 Å². The molecule has 0 bridgehead atoms. The lowest BCUT2D eigenvalue weighted by molar-refractivity contribution is 0.154. The molecule has 1 aliphatic rings. The van der Waals surface area contributed by atoms with E-state index < -0.39 is 0 Å². The van der Waals surface area contributed by atoms with Crippen LogP contribution in [0.5, 0.6) is 0 Å². The molecule has 2 N–H and O–H groups in total. The molecule has 1 heterocycles. The fourth-order valence-electron chi connectivity index (χ4n) is 3.08. The molecule has 19 heavy (non-hydrogen) atoms. The van der Waals surface area contributed by atoms with Crippen molar-refractivity contribution >= 4 is 12.4 Å². The maximum Gasteiger partial charge on any atom is 0.0234 e. The van der Waals surface area contributed by atoms with Gasteiger partial charge in [0.25, 0.3) is 0 Å². The van der Waals surface area contributed by atoms with Gasteiger partial charge in [-0.05, 0) is 51.6 Å². The average molecular weight is 283 g/mol. The Bertz CT molecular complexity index is 383. The highest BCUT2D eigenvalue weighted by Gasteiger charge is 2.22. The van der Waals surface area contributed by atoms with Crippen LogP contribution in [0.3, 0.4) is 0 Å². The Morgan fingerprint density at radius 3 is 2.47 bits per heavy atom. The molecule has 1 aromatic carbocycles. The molecule has 0 amide bonds. The summed E-state index contributed by atoms with van der Waals surface area (Å²) in [5.74, 6) is 0.671. The number of hydrogen-bond donors (Lipinski definition) is 1. The van der Waals surface area contributed by atoms with E-state index in [-0.39, 0.29) is 12.4 Å². The first-order valence-corrected chi connectivity index (χ1v) is 7.09. The second-order valence-corrected chi connectivity index (χ2v) is 5.99. The quantitative estimate of drug-likeness (QED) is 0.922. The lowest BCUT2D eigenvalue weighted by Crippen LogP contribution is -2.41. The van der Waals surface area contributed by atoms with Gasteiger partial charge in [-0.25, -0.2) is 0 Å². The van der Waals surface area contributed by atoms with Gasteiger partial charge in [0.05, 0.1) is 0 Å². The molecule has 108 valence electrons. The minimum absolute atomic E-state index is 0. The van der Waals surface area contributed by atoms with E-state index in [0.717, 1.165) is 13.1 Å². The van der Waals surface area contributed by atoms with Gasteiger partial charge in [-0.3, -0.25) is 4.90 Å². The fourth-order valence-corrected chi connectivity index (χ4v) is 3.08. The Balaban J connectivity index is 0.00000180. The molecule has 0 aliphatic carbocycles. The van der Waals surface area contributed by atoms with Crippen molar-refractivity contribution in [2.24, 2.45) is 11.7 Å². The van der Waals surface area contributed by atoms with Crippen molar-refractivity contribution in [3.63, 3.8) is 0 Å². The van der Waals surface area contributed by atoms with E-state index >= 15 is 0 Å². The van der Waals surface area contributed by atoms with Crippen LogP contribution in [-0.4, -0.2) is 24.0 Å². The maximum absolute atomic E-state index is 6.04. The maximum atomic E-state index is 6.04. The Labute approximate surface area is 123 Å². The summed E-state index contributed by atoms with van der Waals surface area (Å²) < 4.78 is 0. The van der Waals surface area contributed by atoms with E-state index in [1.165, 1.54) is 36.1 Å². The van der Waals surface area contributed by atoms with Gasteiger partial charge < -0.3 is 5.73 Å². The van der Waals surface area contributed by atoms with E-state index in [9.17, 15) is 0 Å². The van der Waals surface area contributed by atoms with Crippen LogP contribution in [0.1, 0.15) is 36.5 Å². The fraction of sp³-hybridized carbons (Fsp3) is 0.625. The van der Waals surface area contributed by atoms with Crippen molar-refractivity contribution in [3.8, 4) is 0 Å². The number of nitrogens with two attached hydrogens (primary N) is 1. The molecule has 0 radical (unpaired) electrons. The van der Waals surface area contributed by atoms with E-state index in [1.54, 1.807) is 0 Å². The minimum atomic E-state index is 0. The highest BCUT2D eigenvalue weighted by atomic mass is 35.5. The van der Waals surface area contributed by atoms with Crippen molar-refractivity contribution in [3.05, 3.63) is 34.9 Å². The zero-order valence-electron chi connectivity index (χ0n) is 12.4. The monoisotopic (exact) mass is 282 g/mol. The van der Waals surface area contributed by atoms with Crippen molar-refractivity contribution in [1.82, 2.24) is 4.90 Å². The van der Waals surface area contributed by atoms with Crippen molar-refractivity contribution in [1.29, 1.82) is 0 Å². The summed E-state index contributed by atoms with van der Waals surface area (Å²) in [7, 11) is 0. The van der Waals surface area contributed by atoms with Gasteiger partial charge in [-0.2, -0.15) is 0 Å². The van der Waals surface area contributed by atoms with Gasteiger partial charge in [-0.15, -0.1) is 12.4 Å². The van der Waals surface area contributed by atoms with Gasteiger partial charge in [0.2, 0.25) is 0 Å². The smallest absolute Gasteiger partial charge is 0.0234 e. The molecule has 2 nitrogen and oxygen atoms in total. The molecule has 2 unspecified atom stereocenters. The molecule has 1 saturated heterocycles. The lowest BCUT2D eigenvalue weighted by atomic mass is 9.92. The predicted molar refractivity (Wildman–Crippen MR) is 84.8 cm³/mol. The number of likely N-dealkylation sites (tertiary alicyclic amines) is 1. The first-order chi connectivity index (χ1) is 8.54. The van der Waals surface area contributed by atoms with E-state index in [0.29, 0.717) is 12.0 Å². The summed E-state index contributed by atoms with van der Waals surface area (Å²) >= 11 is 0. The number of nitrogens with zero attached hydrogens (tertiary/aromatic N) is 1. The van der Waals surface area contributed by atoms with Crippen LogP contribution in [0.25, 0.3) is 0 Å². The van der Waals surface area contributed by atoms with Crippen LogP contribution in [0.15, 0.2) is 18.2 Å². The number of rotatable bonds is 3.